The zero-order chi connectivity index (χ0) is 12.1. The van der Waals surface area contributed by atoms with Gasteiger partial charge in [-0.25, -0.2) is 0 Å². The van der Waals surface area contributed by atoms with Gasteiger partial charge in [-0.15, -0.1) is 0 Å². The van der Waals surface area contributed by atoms with E-state index in [0.717, 1.165) is 28.7 Å². The molecule has 0 amide bonds. The highest BCUT2D eigenvalue weighted by Gasteiger charge is 2.18. The molecule has 4 heteroatoms. The van der Waals surface area contributed by atoms with Crippen LogP contribution < -0.4 is 5.32 Å². The maximum absolute atomic E-state index is 5.15. The molecule has 0 bridgehead atoms. The third-order valence-electron chi connectivity index (χ3n) is 2.54. The molecule has 0 spiro atoms. The third-order valence-corrected chi connectivity index (χ3v) is 3.21. The Bertz CT molecular complexity index is 456. The fraction of sp³-hybridized carbons (Fsp3) is 0.308. The number of furan rings is 1. The van der Waals surface area contributed by atoms with Crippen LogP contribution in [0.1, 0.15) is 30.6 Å². The van der Waals surface area contributed by atoms with Crippen LogP contribution in [0.4, 0.5) is 0 Å². The minimum atomic E-state index is 0.0734. The van der Waals surface area contributed by atoms with Crippen molar-refractivity contribution in [1.82, 2.24) is 10.3 Å². The third kappa shape index (κ3) is 2.96. The molecular formula is C13H15BrN2O. The van der Waals surface area contributed by atoms with Gasteiger partial charge in [0.1, 0.15) is 0 Å². The SMILES string of the molecule is CCCNC(c1ccoc1)c1ncccc1Br. The Morgan fingerprint density at radius 2 is 2.35 bits per heavy atom. The minimum absolute atomic E-state index is 0.0734. The molecule has 2 aromatic heterocycles. The summed E-state index contributed by atoms with van der Waals surface area (Å²) < 4.78 is 6.16. The zero-order valence-corrected chi connectivity index (χ0v) is 11.3. The van der Waals surface area contributed by atoms with Gasteiger partial charge in [0.2, 0.25) is 0 Å². The number of nitrogens with zero attached hydrogens (tertiary/aromatic N) is 1. The topological polar surface area (TPSA) is 38.1 Å². The van der Waals surface area contributed by atoms with E-state index in [0.29, 0.717) is 0 Å². The molecule has 0 aliphatic rings. The first-order valence-corrected chi connectivity index (χ1v) is 6.48. The van der Waals surface area contributed by atoms with Crippen molar-refractivity contribution < 1.29 is 4.42 Å². The summed E-state index contributed by atoms with van der Waals surface area (Å²) in [5.41, 5.74) is 2.08. The van der Waals surface area contributed by atoms with Crippen molar-refractivity contribution in [3.05, 3.63) is 52.7 Å². The predicted octanol–water partition coefficient (Wildman–Crippen LogP) is 3.53. The highest BCUT2D eigenvalue weighted by molar-refractivity contribution is 9.10. The Morgan fingerprint density at radius 1 is 1.47 bits per heavy atom. The molecule has 1 N–H and O–H groups in total. The number of halogens is 1. The number of rotatable bonds is 5. The van der Waals surface area contributed by atoms with Crippen LogP contribution in [0, 0.1) is 0 Å². The molecule has 0 aliphatic heterocycles. The van der Waals surface area contributed by atoms with Crippen LogP contribution in [-0.4, -0.2) is 11.5 Å². The van der Waals surface area contributed by atoms with Gasteiger partial charge in [0, 0.05) is 16.2 Å². The quantitative estimate of drug-likeness (QED) is 0.917. The maximum Gasteiger partial charge on any atom is 0.0954 e. The average molecular weight is 295 g/mol. The van der Waals surface area contributed by atoms with E-state index in [2.05, 4.69) is 33.2 Å². The van der Waals surface area contributed by atoms with E-state index in [1.54, 1.807) is 18.7 Å². The highest BCUT2D eigenvalue weighted by atomic mass is 79.9. The molecule has 2 heterocycles. The van der Waals surface area contributed by atoms with Crippen LogP contribution in [-0.2, 0) is 0 Å². The Hall–Kier alpha value is -1.13. The second kappa shape index (κ2) is 5.98. The van der Waals surface area contributed by atoms with Crippen LogP contribution in [0.3, 0.4) is 0 Å². The van der Waals surface area contributed by atoms with Gasteiger partial charge in [0.05, 0.1) is 24.3 Å². The van der Waals surface area contributed by atoms with E-state index in [-0.39, 0.29) is 6.04 Å². The lowest BCUT2D eigenvalue weighted by Gasteiger charge is -2.17. The van der Waals surface area contributed by atoms with E-state index in [1.807, 2.05) is 18.2 Å². The van der Waals surface area contributed by atoms with Crippen molar-refractivity contribution in [3.8, 4) is 0 Å². The predicted molar refractivity (Wildman–Crippen MR) is 70.8 cm³/mol. The Morgan fingerprint density at radius 3 is 3.00 bits per heavy atom. The largest absolute Gasteiger partial charge is 0.472 e. The first kappa shape index (κ1) is 12.3. The van der Waals surface area contributed by atoms with Crippen molar-refractivity contribution in [2.75, 3.05) is 6.54 Å². The van der Waals surface area contributed by atoms with Gasteiger partial charge in [-0.2, -0.15) is 0 Å². The number of aromatic nitrogens is 1. The van der Waals surface area contributed by atoms with Gasteiger partial charge in [-0.05, 0) is 47.1 Å². The summed E-state index contributed by atoms with van der Waals surface area (Å²) in [4.78, 5) is 4.44. The summed E-state index contributed by atoms with van der Waals surface area (Å²) in [5.74, 6) is 0. The van der Waals surface area contributed by atoms with E-state index in [4.69, 9.17) is 4.42 Å². The summed E-state index contributed by atoms with van der Waals surface area (Å²) in [6, 6.07) is 5.96. The molecule has 0 aromatic carbocycles. The Kier molecular flexibility index (Phi) is 4.34. The fourth-order valence-electron chi connectivity index (χ4n) is 1.71. The summed E-state index contributed by atoms with van der Waals surface area (Å²) in [6.45, 7) is 3.09. The van der Waals surface area contributed by atoms with Crippen LogP contribution in [0.2, 0.25) is 0 Å². The van der Waals surface area contributed by atoms with Gasteiger partial charge in [-0.1, -0.05) is 6.92 Å². The maximum atomic E-state index is 5.15. The molecule has 0 saturated heterocycles. The molecule has 0 saturated carbocycles. The van der Waals surface area contributed by atoms with Gasteiger partial charge < -0.3 is 9.73 Å². The monoisotopic (exact) mass is 294 g/mol. The van der Waals surface area contributed by atoms with E-state index in [9.17, 15) is 0 Å². The van der Waals surface area contributed by atoms with Crippen molar-refractivity contribution in [2.24, 2.45) is 0 Å². The van der Waals surface area contributed by atoms with Gasteiger partial charge >= 0.3 is 0 Å². The zero-order valence-electron chi connectivity index (χ0n) is 9.69. The highest BCUT2D eigenvalue weighted by Crippen LogP contribution is 2.26. The van der Waals surface area contributed by atoms with Crippen molar-refractivity contribution in [2.45, 2.75) is 19.4 Å². The normalized spacial score (nSPS) is 12.6. The van der Waals surface area contributed by atoms with Gasteiger partial charge in [0.25, 0.3) is 0 Å². The smallest absolute Gasteiger partial charge is 0.0954 e. The van der Waals surface area contributed by atoms with Crippen molar-refractivity contribution in [3.63, 3.8) is 0 Å². The Labute approximate surface area is 109 Å². The van der Waals surface area contributed by atoms with E-state index in [1.165, 1.54) is 0 Å². The summed E-state index contributed by atoms with van der Waals surface area (Å²) >= 11 is 3.54. The number of pyridine rings is 1. The fourth-order valence-corrected chi connectivity index (χ4v) is 2.19. The summed E-state index contributed by atoms with van der Waals surface area (Å²) in [5, 5.41) is 3.48. The van der Waals surface area contributed by atoms with Crippen molar-refractivity contribution >= 4 is 15.9 Å². The minimum Gasteiger partial charge on any atom is -0.472 e. The molecule has 1 unspecified atom stereocenters. The first-order chi connectivity index (χ1) is 8.33. The van der Waals surface area contributed by atoms with E-state index < -0.39 is 0 Å². The summed E-state index contributed by atoms with van der Waals surface area (Å²) in [7, 11) is 0. The summed E-state index contributed by atoms with van der Waals surface area (Å²) in [6.07, 6.45) is 6.33. The average Bonchev–Trinajstić information content (AvgIpc) is 2.85. The second-order valence-corrected chi connectivity index (χ2v) is 4.67. The number of hydrogen-bond donors (Lipinski definition) is 1. The molecule has 3 nitrogen and oxygen atoms in total. The van der Waals surface area contributed by atoms with E-state index >= 15 is 0 Å². The molecule has 17 heavy (non-hydrogen) atoms. The molecular weight excluding hydrogens is 280 g/mol. The lowest BCUT2D eigenvalue weighted by Crippen LogP contribution is -2.24. The van der Waals surface area contributed by atoms with Crippen LogP contribution in [0.5, 0.6) is 0 Å². The van der Waals surface area contributed by atoms with Crippen LogP contribution in [0.15, 0.2) is 45.8 Å². The number of hydrogen-bond acceptors (Lipinski definition) is 3. The molecule has 0 radical (unpaired) electrons. The molecule has 2 rings (SSSR count). The van der Waals surface area contributed by atoms with Crippen LogP contribution >= 0.6 is 15.9 Å². The second-order valence-electron chi connectivity index (χ2n) is 3.81. The lowest BCUT2D eigenvalue weighted by atomic mass is 10.1. The molecule has 1 atom stereocenters. The van der Waals surface area contributed by atoms with Gasteiger partial charge in [0.15, 0.2) is 0 Å². The Balaban J connectivity index is 2.30. The first-order valence-electron chi connectivity index (χ1n) is 5.68. The number of nitrogens with one attached hydrogen (secondary N) is 1. The molecule has 90 valence electrons. The molecule has 2 aromatic rings. The van der Waals surface area contributed by atoms with Gasteiger partial charge in [-0.3, -0.25) is 4.98 Å². The molecule has 0 aliphatic carbocycles. The van der Waals surface area contributed by atoms with Crippen molar-refractivity contribution in [1.29, 1.82) is 0 Å². The lowest BCUT2D eigenvalue weighted by molar-refractivity contribution is 0.544. The van der Waals surface area contributed by atoms with Crippen LogP contribution in [0.25, 0.3) is 0 Å². The molecule has 0 fully saturated rings. The standard InChI is InChI=1S/C13H15BrN2O/c1-2-6-15-12(10-5-8-17-9-10)13-11(14)4-3-7-16-13/h3-5,7-9,12,15H,2,6H2,1H3.